The molecular formula is C18H31FIN5. The van der Waals surface area contributed by atoms with E-state index in [0.29, 0.717) is 0 Å². The molecule has 2 N–H and O–H groups in total. The Balaban J connectivity index is 0.00000312. The quantitative estimate of drug-likeness (QED) is 0.409. The maximum absolute atomic E-state index is 13.0. The molecule has 0 unspecified atom stereocenters. The van der Waals surface area contributed by atoms with E-state index in [9.17, 15) is 4.39 Å². The lowest BCUT2D eigenvalue weighted by Gasteiger charge is -2.36. The van der Waals surface area contributed by atoms with Crippen molar-refractivity contribution in [3.63, 3.8) is 0 Å². The molecular weight excluding hydrogens is 432 g/mol. The summed E-state index contributed by atoms with van der Waals surface area (Å²) in [5, 5.41) is 6.72. The van der Waals surface area contributed by atoms with Gasteiger partial charge in [-0.05, 0) is 45.0 Å². The highest BCUT2D eigenvalue weighted by molar-refractivity contribution is 14.0. The van der Waals surface area contributed by atoms with Crippen LogP contribution in [0.4, 0.5) is 10.1 Å². The fourth-order valence-electron chi connectivity index (χ4n) is 2.75. The highest BCUT2D eigenvalue weighted by Crippen LogP contribution is 2.16. The molecule has 2 rings (SSSR count). The van der Waals surface area contributed by atoms with Crippen molar-refractivity contribution < 1.29 is 4.39 Å². The van der Waals surface area contributed by atoms with Crippen LogP contribution in [0, 0.1) is 5.82 Å². The fraction of sp³-hybridized carbons (Fsp3) is 0.611. The van der Waals surface area contributed by atoms with Crippen molar-refractivity contribution in [2.45, 2.75) is 26.3 Å². The van der Waals surface area contributed by atoms with Gasteiger partial charge in [0, 0.05) is 57.5 Å². The standard InChI is InChI=1S/C18H30FN5.HI/c1-18(2,3)22-17(20-4)21-9-10-23-11-13-24(14-12-23)16-7-5-15(19)6-8-16;/h5-8H,9-14H2,1-4H3,(H2,20,21,22);1H. The minimum Gasteiger partial charge on any atom is -0.369 e. The van der Waals surface area contributed by atoms with Crippen LogP contribution in [0.15, 0.2) is 29.3 Å². The van der Waals surface area contributed by atoms with E-state index in [4.69, 9.17) is 0 Å². The number of halogens is 2. The van der Waals surface area contributed by atoms with Crippen molar-refractivity contribution in [1.82, 2.24) is 15.5 Å². The van der Waals surface area contributed by atoms with Crippen LogP contribution in [0.2, 0.25) is 0 Å². The number of guanidine groups is 1. The van der Waals surface area contributed by atoms with Gasteiger partial charge in [-0.1, -0.05) is 0 Å². The summed E-state index contributed by atoms with van der Waals surface area (Å²) in [4.78, 5) is 9.00. The topological polar surface area (TPSA) is 42.9 Å². The number of piperazine rings is 1. The van der Waals surface area contributed by atoms with Crippen molar-refractivity contribution in [3.8, 4) is 0 Å². The van der Waals surface area contributed by atoms with Gasteiger partial charge in [0.2, 0.25) is 0 Å². The summed E-state index contributed by atoms with van der Waals surface area (Å²) < 4.78 is 13.0. The van der Waals surface area contributed by atoms with Crippen LogP contribution < -0.4 is 15.5 Å². The van der Waals surface area contributed by atoms with E-state index in [1.54, 1.807) is 7.05 Å². The van der Waals surface area contributed by atoms with Gasteiger partial charge in [-0.25, -0.2) is 4.39 Å². The second kappa shape index (κ2) is 10.2. The number of nitrogens with one attached hydrogen (secondary N) is 2. The highest BCUT2D eigenvalue weighted by atomic mass is 127. The molecule has 0 saturated carbocycles. The van der Waals surface area contributed by atoms with E-state index >= 15 is 0 Å². The lowest BCUT2D eigenvalue weighted by atomic mass is 10.1. The summed E-state index contributed by atoms with van der Waals surface area (Å²) in [6, 6.07) is 6.77. The van der Waals surface area contributed by atoms with Gasteiger partial charge in [0.25, 0.3) is 0 Å². The number of hydrogen-bond acceptors (Lipinski definition) is 3. The first kappa shape index (κ1) is 22.0. The Labute approximate surface area is 168 Å². The zero-order valence-electron chi connectivity index (χ0n) is 15.7. The number of aliphatic imine (C=N–C) groups is 1. The smallest absolute Gasteiger partial charge is 0.191 e. The largest absolute Gasteiger partial charge is 0.369 e. The van der Waals surface area contributed by atoms with E-state index < -0.39 is 0 Å². The summed E-state index contributed by atoms with van der Waals surface area (Å²) in [7, 11) is 1.79. The van der Waals surface area contributed by atoms with Crippen LogP contribution in [0.5, 0.6) is 0 Å². The van der Waals surface area contributed by atoms with E-state index in [1.807, 2.05) is 12.1 Å². The first-order chi connectivity index (χ1) is 11.4. The lowest BCUT2D eigenvalue weighted by Crippen LogP contribution is -2.51. The Kier molecular flexibility index (Phi) is 8.92. The molecule has 1 aliphatic heterocycles. The van der Waals surface area contributed by atoms with E-state index in [2.05, 4.69) is 46.2 Å². The normalized spacial score (nSPS) is 16.4. The third-order valence-electron chi connectivity index (χ3n) is 4.00. The van der Waals surface area contributed by atoms with Gasteiger partial charge in [0.15, 0.2) is 5.96 Å². The third-order valence-corrected chi connectivity index (χ3v) is 4.00. The van der Waals surface area contributed by atoms with Crippen LogP contribution in [0.25, 0.3) is 0 Å². The molecule has 25 heavy (non-hydrogen) atoms. The Morgan fingerprint density at radius 3 is 2.24 bits per heavy atom. The van der Waals surface area contributed by atoms with E-state index in [1.165, 1.54) is 12.1 Å². The van der Waals surface area contributed by atoms with Crippen molar-refractivity contribution in [2.24, 2.45) is 4.99 Å². The number of benzene rings is 1. The van der Waals surface area contributed by atoms with Gasteiger partial charge in [-0.2, -0.15) is 0 Å². The fourth-order valence-corrected chi connectivity index (χ4v) is 2.75. The third kappa shape index (κ3) is 7.77. The van der Waals surface area contributed by atoms with Gasteiger partial charge in [-0.3, -0.25) is 9.89 Å². The zero-order chi connectivity index (χ0) is 17.6. The molecule has 0 radical (unpaired) electrons. The molecule has 1 fully saturated rings. The monoisotopic (exact) mass is 463 g/mol. The van der Waals surface area contributed by atoms with Gasteiger partial charge < -0.3 is 15.5 Å². The Morgan fingerprint density at radius 1 is 1.12 bits per heavy atom. The van der Waals surface area contributed by atoms with Crippen LogP contribution in [0.3, 0.4) is 0 Å². The van der Waals surface area contributed by atoms with Gasteiger partial charge in [0.1, 0.15) is 5.82 Å². The van der Waals surface area contributed by atoms with Crippen molar-refractivity contribution in [1.29, 1.82) is 0 Å². The Morgan fingerprint density at radius 2 is 1.72 bits per heavy atom. The van der Waals surface area contributed by atoms with Crippen LogP contribution in [0.1, 0.15) is 20.8 Å². The summed E-state index contributed by atoms with van der Waals surface area (Å²) in [6.45, 7) is 12.2. The first-order valence-corrected chi connectivity index (χ1v) is 8.59. The predicted molar refractivity (Wildman–Crippen MR) is 115 cm³/mol. The lowest BCUT2D eigenvalue weighted by molar-refractivity contribution is 0.261. The maximum Gasteiger partial charge on any atom is 0.191 e. The number of rotatable bonds is 4. The first-order valence-electron chi connectivity index (χ1n) is 8.59. The molecule has 1 heterocycles. The highest BCUT2D eigenvalue weighted by Gasteiger charge is 2.17. The molecule has 0 aliphatic carbocycles. The van der Waals surface area contributed by atoms with Gasteiger partial charge in [-0.15, -0.1) is 24.0 Å². The molecule has 1 aromatic rings. The van der Waals surface area contributed by atoms with Crippen molar-refractivity contribution >= 4 is 35.6 Å². The molecule has 0 aromatic heterocycles. The van der Waals surface area contributed by atoms with Crippen LogP contribution in [-0.2, 0) is 0 Å². The van der Waals surface area contributed by atoms with Crippen molar-refractivity contribution in [3.05, 3.63) is 30.1 Å². The summed E-state index contributed by atoms with van der Waals surface area (Å²) in [6.07, 6.45) is 0. The van der Waals surface area contributed by atoms with Gasteiger partial charge >= 0.3 is 0 Å². The average Bonchev–Trinajstić information content (AvgIpc) is 2.54. The minimum absolute atomic E-state index is 0. The summed E-state index contributed by atoms with van der Waals surface area (Å²) in [5.41, 5.74) is 1.10. The molecule has 1 aromatic carbocycles. The van der Waals surface area contributed by atoms with E-state index in [0.717, 1.165) is 50.9 Å². The number of hydrogen-bond donors (Lipinski definition) is 2. The van der Waals surface area contributed by atoms with Crippen LogP contribution in [-0.4, -0.2) is 62.7 Å². The summed E-state index contributed by atoms with van der Waals surface area (Å²) in [5.74, 6) is 0.660. The molecule has 0 atom stereocenters. The van der Waals surface area contributed by atoms with Crippen LogP contribution >= 0.6 is 24.0 Å². The Bertz CT molecular complexity index is 533. The molecule has 0 bridgehead atoms. The second-order valence-electron chi connectivity index (χ2n) is 7.18. The zero-order valence-corrected chi connectivity index (χ0v) is 18.0. The number of nitrogens with zero attached hydrogens (tertiary/aromatic N) is 3. The molecule has 0 amide bonds. The molecule has 1 aliphatic rings. The molecule has 7 heteroatoms. The Hall–Kier alpha value is -1.09. The van der Waals surface area contributed by atoms with E-state index in [-0.39, 0.29) is 35.3 Å². The SMILES string of the molecule is CN=C(NCCN1CCN(c2ccc(F)cc2)CC1)NC(C)(C)C.I. The second-order valence-corrected chi connectivity index (χ2v) is 7.18. The van der Waals surface area contributed by atoms with Crippen molar-refractivity contribution in [2.75, 3.05) is 51.2 Å². The molecule has 5 nitrogen and oxygen atoms in total. The molecule has 1 saturated heterocycles. The average molecular weight is 463 g/mol. The number of anilines is 1. The molecule has 142 valence electrons. The maximum atomic E-state index is 13.0. The molecule has 0 spiro atoms. The minimum atomic E-state index is -0.180. The predicted octanol–water partition coefficient (Wildman–Crippen LogP) is 2.53. The summed E-state index contributed by atoms with van der Waals surface area (Å²) >= 11 is 0. The van der Waals surface area contributed by atoms with Gasteiger partial charge in [0.05, 0.1) is 0 Å².